The molecule has 5 nitrogen and oxygen atoms in total. The van der Waals surface area contributed by atoms with E-state index >= 15 is 0 Å². The van der Waals surface area contributed by atoms with E-state index in [2.05, 4.69) is 22.0 Å². The van der Waals surface area contributed by atoms with Gasteiger partial charge in [-0.05, 0) is 38.3 Å². The zero-order valence-corrected chi connectivity index (χ0v) is 12.0. The maximum Gasteiger partial charge on any atom is 0.234 e. The minimum absolute atomic E-state index is 0.0781. The van der Waals surface area contributed by atoms with E-state index in [0.29, 0.717) is 11.7 Å². The van der Waals surface area contributed by atoms with E-state index in [9.17, 15) is 0 Å². The zero-order valence-electron chi connectivity index (χ0n) is 12.0. The first kappa shape index (κ1) is 13.2. The third-order valence-electron chi connectivity index (χ3n) is 4.42. The first-order valence-electron chi connectivity index (χ1n) is 7.13. The highest BCUT2D eigenvalue weighted by Crippen LogP contribution is 2.38. The quantitative estimate of drug-likeness (QED) is 0.909. The molecule has 0 radical (unpaired) electrons. The van der Waals surface area contributed by atoms with Crippen LogP contribution in [0.25, 0.3) is 11.5 Å². The molecule has 5 heteroatoms. The molecule has 2 aromatic rings. The van der Waals surface area contributed by atoms with Crippen molar-refractivity contribution in [1.82, 2.24) is 15.1 Å². The van der Waals surface area contributed by atoms with Gasteiger partial charge in [0.2, 0.25) is 11.7 Å². The van der Waals surface area contributed by atoms with Crippen LogP contribution in [0.15, 0.2) is 22.9 Å². The lowest BCUT2D eigenvalue weighted by molar-refractivity contribution is 0.203. The molecule has 1 aliphatic rings. The number of aryl methyl sites for hydroxylation is 1. The molecule has 0 aromatic carbocycles. The molecule has 1 aliphatic carbocycles. The van der Waals surface area contributed by atoms with Crippen molar-refractivity contribution in [2.45, 2.75) is 51.0 Å². The number of nitrogens with zero attached hydrogens (tertiary/aromatic N) is 3. The van der Waals surface area contributed by atoms with E-state index in [1.165, 1.54) is 6.42 Å². The fourth-order valence-electron chi connectivity index (χ4n) is 2.90. The van der Waals surface area contributed by atoms with Crippen molar-refractivity contribution < 1.29 is 4.52 Å². The van der Waals surface area contributed by atoms with Crippen molar-refractivity contribution in [2.24, 2.45) is 5.73 Å². The Labute approximate surface area is 118 Å². The number of aromatic nitrogens is 3. The molecule has 0 bridgehead atoms. The van der Waals surface area contributed by atoms with Crippen molar-refractivity contribution in [3.05, 3.63) is 29.8 Å². The monoisotopic (exact) mass is 272 g/mol. The smallest absolute Gasteiger partial charge is 0.234 e. The zero-order chi connectivity index (χ0) is 14.2. The highest BCUT2D eigenvalue weighted by atomic mass is 16.5. The Kier molecular flexibility index (Phi) is 3.30. The molecule has 0 amide bonds. The second kappa shape index (κ2) is 4.98. The SMILES string of the molecule is Cc1cccnc1-c1noc(C2(C)CCCCC2N)n1. The molecule has 0 aliphatic heterocycles. The summed E-state index contributed by atoms with van der Waals surface area (Å²) in [5.41, 5.74) is 7.88. The number of hydrogen-bond donors (Lipinski definition) is 1. The van der Waals surface area contributed by atoms with Crippen LogP contribution in [0.5, 0.6) is 0 Å². The van der Waals surface area contributed by atoms with Gasteiger partial charge in [-0.3, -0.25) is 4.98 Å². The van der Waals surface area contributed by atoms with Crippen molar-refractivity contribution in [1.29, 1.82) is 0 Å². The molecule has 2 unspecified atom stereocenters. The fraction of sp³-hybridized carbons (Fsp3) is 0.533. The van der Waals surface area contributed by atoms with Crippen LogP contribution in [0.4, 0.5) is 0 Å². The topological polar surface area (TPSA) is 77.8 Å². The highest BCUT2D eigenvalue weighted by molar-refractivity contribution is 5.53. The first-order valence-corrected chi connectivity index (χ1v) is 7.13. The van der Waals surface area contributed by atoms with Gasteiger partial charge in [-0.1, -0.05) is 24.1 Å². The lowest BCUT2D eigenvalue weighted by Crippen LogP contribution is -2.45. The Morgan fingerprint density at radius 2 is 2.25 bits per heavy atom. The minimum atomic E-state index is -0.216. The summed E-state index contributed by atoms with van der Waals surface area (Å²) >= 11 is 0. The summed E-state index contributed by atoms with van der Waals surface area (Å²) in [5.74, 6) is 1.20. The second-order valence-electron chi connectivity index (χ2n) is 5.86. The van der Waals surface area contributed by atoms with E-state index in [4.69, 9.17) is 10.3 Å². The number of rotatable bonds is 2. The van der Waals surface area contributed by atoms with Crippen LogP contribution in [-0.2, 0) is 5.41 Å². The molecule has 2 N–H and O–H groups in total. The molecular weight excluding hydrogens is 252 g/mol. The third-order valence-corrected chi connectivity index (χ3v) is 4.42. The molecule has 2 aromatic heterocycles. The Morgan fingerprint density at radius 3 is 3.00 bits per heavy atom. The van der Waals surface area contributed by atoms with Crippen LogP contribution in [0, 0.1) is 6.92 Å². The van der Waals surface area contributed by atoms with E-state index in [0.717, 1.165) is 30.5 Å². The van der Waals surface area contributed by atoms with Crippen LogP contribution in [-0.4, -0.2) is 21.2 Å². The van der Waals surface area contributed by atoms with Gasteiger partial charge >= 0.3 is 0 Å². The third kappa shape index (κ3) is 2.12. The second-order valence-corrected chi connectivity index (χ2v) is 5.86. The summed E-state index contributed by atoms with van der Waals surface area (Å²) in [6.45, 7) is 4.12. The fourth-order valence-corrected chi connectivity index (χ4v) is 2.90. The normalized spacial score (nSPS) is 26.6. The molecule has 1 fully saturated rings. The van der Waals surface area contributed by atoms with Crippen LogP contribution >= 0.6 is 0 Å². The summed E-state index contributed by atoms with van der Waals surface area (Å²) < 4.78 is 5.51. The first-order chi connectivity index (χ1) is 9.61. The summed E-state index contributed by atoms with van der Waals surface area (Å²) in [7, 11) is 0. The molecule has 20 heavy (non-hydrogen) atoms. The summed E-state index contributed by atoms with van der Waals surface area (Å²) in [6, 6.07) is 3.97. The molecule has 0 spiro atoms. The van der Waals surface area contributed by atoms with Crippen molar-refractivity contribution in [3.63, 3.8) is 0 Å². The molecule has 1 saturated carbocycles. The Balaban J connectivity index is 1.96. The van der Waals surface area contributed by atoms with Crippen LogP contribution in [0.3, 0.4) is 0 Å². The van der Waals surface area contributed by atoms with Gasteiger partial charge in [-0.2, -0.15) is 4.98 Å². The maximum atomic E-state index is 6.28. The Bertz CT molecular complexity index is 609. The lowest BCUT2D eigenvalue weighted by atomic mass is 9.72. The van der Waals surface area contributed by atoms with E-state index in [1.807, 2.05) is 19.1 Å². The van der Waals surface area contributed by atoms with Gasteiger partial charge in [0.15, 0.2) is 0 Å². The average Bonchev–Trinajstić information content (AvgIpc) is 2.93. The Hall–Kier alpha value is -1.75. The summed E-state index contributed by atoms with van der Waals surface area (Å²) in [4.78, 5) is 8.90. The Morgan fingerprint density at radius 1 is 1.40 bits per heavy atom. The van der Waals surface area contributed by atoms with Crippen LogP contribution in [0.2, 0.25) is 0 Å². The van der Waals surface area contributed by atoms with Crippen LogP contribution in [0.1, 0.15) is 44.1 Å². The van der Waals surface area contributed by atoms with Gasteiger partial charge in [0, 0.05) is 12.2 Å². The predicted molar refractivity (Wildman–Crippen MR) is 76.1 cm³/mol. The molecular formula is C15H20N4O. The standard InChI is InChI=1S/C15H20N4O/c1-10-6-5-9-17-12(10)13-18-14(20-19-13)15(2)8-4-3-7-11(15)16/h5-6,9,11H,3-4,7-8,16H2,1-2H3. The van der Waals surface area contributed by atoms with E-state index in [-0.39, 0.29) is 11.5 Å². The predicted octanol–water partition coefficient (Wildman–Crippen LogP) is 2.60. The highest BCUT2D eigenvalue weighted by Gasteiger charge is 2.40. The molecule has 2 heterocycles. The van der Waals surface area contributed by atoms with Crippen LogP contribution < -0.4 is 5.73 Å². The van der Waals surface area contributed by atoms with Crippen molar-refractivity contribution >= 4 is 0 Å². The van der Waals surface area contributed by atoms with Gasteiger partial charge in [-0.25, -0.2) is 0 Å². The molecule has 3 rings (SSSR count). The lowest BCUT2D eigenvalue weighted by Gasteiger charge is -2.35. The number of hydrogen-bond acceptors (Lipinski definition) is 5. The van der Waals surface area contributed by atoms with Gasteiger partial charge in [0.1, 0.15) is 5.69 Å². The summed E-state index contributed by atoms with van der Waals surface area (Å²) in [5, 5.41) is 4.10. The largest absolute Gasteiger partial charge is 0.338 e. The average molecular weight is 272 g/mol. The summed E-state index contributed by atoms with van der Waals surface area (Å²) in [6.07, 6.45) is 6.09. The number of pyridine rings is 1. The maximum absolute atomic E-state index is 6.28. The van der Waals surface area contributed by atoms with Gasteiger partial charge in [-0.15, -0.1) is 0 Å². The minimum Gasteiger partial charge on any atom is -0.338 e. The molecule has 0 saturated heterocycles. The van der Waals surface area contributed by atoms with Crippen molar-refractivity contribution in [3.8, 4) is 11.5 Å². The van der Waals surface area contributed by atoms with E-state index in [1.54, 1.807) is 6.20 Å². The van der Waals surface area contributed by atoms with Gasteiger partial charge < -0.3 is 10.3 Å². The number of nitrogens with two attached hydrogens (primary N) is 1. The van der Waals surface area contributed by atoms with Gasteiger partial charge in [0.05, 0.1) is 5.41 Å². The molecule has 106 valence electrons. The van der Waals surface area contributed by atoms with Crippen molar-refractivity contribution in [2.75, 3.05) is 0 Å². The van der Waals surface area contributed by atoms with Gasteiger partial charge in [0.25, 0.3) is 0 Å². The van der Waals surface area contributed by atoms with E-state index < -0.39 is 0 Å². The molecule has 2 atom stereocenters.